The fourth-order valence-electron chi connectivity index (χ4n) is 1.95. The molecular weight excluding hydrogens is 264 g/mol. The van der Waals surface area contributed by atoms with Crippen molar-refractivity contribution in [3.05, 3.63) is 29.3 Å². The van der Waals surface area contributed by atoms with Gasteiger partial charge in [0.2, 0.25) is 5.91 Å². The molecule has 0 bridgehead atoms. The highest BCUT2D eigenvalue weighted by Crippen LogP contribution is 2.26. The third-order valence-electron chi connectivity index (χ3n) is 2.89. The number of hydrogen-bond donors (Lipinski definition) is 2. The van der Waals surface area contributed by atoms with Crippen LogP contribution in [0.3, 0.4) is 0 Å². The van der Waals surface area contributed by atoms with E-state index in [2.05, 4.69) is 5.32 Å². The lowest BCUT2D eigenvalue weighted by atomic mass is 10.1. The van der Waals surface area contributed by atoms with E-state index in [-0.39, 0.29) is 18.3 Å². The van der Waals surface area contributed by atoms with Gasteiger partial charge in [0, 0.05) is 12.6 Å². The van der Waals surface area contributed by atoms with Crippen LogP contribution < -0.4 is 16.0 Å². The molecule has 0 saturated carbocycles. The van der Waals surface area contributed by atoms with Gasteiger partial charge in [-0.1, -0.05) is 6.92 Å². The van der Waals surface area contributed by atoms with Crippen LogP contribution >= 0.6 is 0 Å². The molecule has 20 heavy (non-hydrogen) atoms. The molecule has 3 N–H and O–H groups in total. The Hall–Kier alpha value is -1.69. The van der Waals surface area contributed by atoms with E-state index in [9.17, 15) is 13.6 Å². The molecule has 0 aliphatic carbocycles. The van der Waals surface area contributed by atoms with Gasteiger partial charge in [-0.3, -0.25) is 4.79 Å². The predicted molar refractivity (Wildman–Crippen MR) is 75.4 cm³/mol. The molecule has 0 atom stereocenters. The Kier molecular flexibility index (Phi) is 5.88. The molecule has 0 aliphatic rings. The molecule has 1 rings (SSSR count). The molecule has 0 aromatic heterocycles. The van der Waals surface area contributed by atoms with Crippen molar-refractivity contribution in [1.29, 1.82) is 0 Å². The first-order chi connectivity index (χ1) is 9.36. The zero-order valence-corrected chi connectivity index (χ0v) is 12.0. The lowest BCUT2D eigenvalue weighted by Crippen LogP contribution is -2.39. The second kappa shape index (κ2) is 7.19. The van der Waals surface area contributed by atoms with Crippen LogP contribution in [-0.2, 0) is 11.3 Å². The first-order valence-corrected chi connectivity index (χ1v) is 6.60. The van der Waals surface area contributed by atoms with Gasteiger partial charge < -0.3 is 16.0 Å². The molecule has 112 valence electrons. The largest absolute Gasteiger partial charge is 0.368 e. The summed E-state index contributed by atoms with van der Waals surface area (Å²) in [6.07, 6.45) is 0. The highest BCUT2D eigenvalue weighted by Gasteiger charge is 2.21. The van der Waals surface area contributed by atoms with Crippen molar-refractivity contribution < 1.29 is 13.6 Å². The van der Waals surface area contributed by atoms with E-state index >= 15 is 0 Å². The maximum absolute atomic E-state index is 14.1. The fourth-order valence-corrected chi connectivity index (χ4v) is 1.95. The number of anilines is 1. The standard InChI is InChI=1S/C14H21F2N3O/c1-4-18-7-10-5-11(15)14(12(16)6-10)19(9(2)3)8-13(17)20/h5-6,9,18H,4,7-8H2,1-3H3,(H2,17,20). The summed E-state index contributed by atoms with van der Waals surface area (Å²) in [4.78, 5) is 12.4. The third-order valence-corrected chi connectivity index (χ3v) is 2.89. The summed E-state index contributed by atoms with van der Waals surface area (Å²) >= 11 is 0. The second-order valence-corrected chi connectivity index (χ2v) is 4.88. The van der Waals surface area contributed by atoms with Crippen LogP contribution in [0.1, 0.15) is 26.3 Å². The van der Waals surface area contributed by atoms with Gasteiger partial charge in [-0.05, 0) is 38.1 Å². The number of nitrogens with one attached hydrogen (secondary N) is 1. The molecule has 0 saturated heterocycles. The van der Waals surface area contributed by atoms with Gasteiger partial charge in [0.25, 0.3) is 0 Å². The smallest absolute Gasteiger partial charge is 0.236 e. The monoisotopic (exact) mass is 285 g/mol. The molecule has 0 spiro atoms. The van der Waals surface area contributed by atoms with Crippen LogP contribution in [0, 0.1) is 11.6 Å². The summed E-state index contributed by atoms with van der Waals surface area (Å²) in [6.45, 7) is 6.28. The second-order valence-electron chi connectivity index (χ2n) is 4.88. The number of carbonyl (C=O) groups excluding carboxylic acids is 1. The number of nitrogens with two attached hydrogens (primary N) is 1. The Morgan fingerprint density at radius 2 is 1.90 bits per heavy atom. The molecule has 0 heterocycles. The summed E-state index contributed by atoms with van der Waals surface area (Å²) < 4.78 is 28.3. The number of carbonyl (C=O) groups is 1. The summed E-state index contributed by atoms with van der Waals surface area (Å²) in [5.41, 5.74) is 5.44. The summed E-state index contributed by atoms with van der Waals surface area (Å²) in [5, 5.41) is 3.00. The Bertz CT molecular complexity index is 454. The van der Waals surface area contributed by atoms with Crippen molar-refractivity contribution >= 4 is 11.6 Å². The Morgan fingerprint density at radius 3 is 2.30 bits per heavy atom. The Balaban J connectivity index is 3.12. The van der Waals surface area contributed by atoms with Crippen molar-refractivity contribution in [2.24, 2.45) is 5.73 Å². The summed E-state index contributed by atoms with van der Waals surface area (Å²) in [7, 11) is 0. The van der Waals surface area contributed by atoms with Crippen LogP contribution in [0.5, 0.6) is 0 Å². The number of primary amides is 1. The van der Waals surface area contributed by atoms with E-state index in [1.807, 2.05) is 6.92 Å². The topological polar surface area (TPSA) is 58.4 Å². The average molecular weight is 285 g/mol. The first kappa shape index (κ1) is 16.4. The number of benzene rings is 1. The Labute approximate surface area is 117 Å². The number of hydrogen-bond acceptors (Lipinski definition) is 3. The lowest BCUT2D eigenvalue weighted by Gasteiger charge is -2.28. The summed E-state index contributed by atoms with van der Waals surface area (Å²) in [6, 6.07) is 2.31. The van der Waals surface area contributed by atoms with Gasteiger partial charge in [0.05, 0.1) is 6.54 Å². The minimum absolute atomic E-state index is 0.209. The zero-order valence-electron chi connectivity index (χ0n) is 12.0. The number of rotatable bonds is 7. The van der Waals surface area contributed by atoms with Crippen molar-refractivity contribution in [3.63, 3.8) is 0 Å². The minimum atomic E-state index is -0.687. The molecule has 0 aliphatic heterocycles. The lowest BCUT2D eigenvalue weighted by molar-refractivity contribution is -0.116. The van der Waals surface area contributed by atoms with Crippen LogP contribution in [0.15, 0.2) is 12.1 Å². The molecule has 1 aromatic carbocycles. The zero-order chi connectivity index (χ0) is 15.3. The molecular formula is C14H21F2N3O. The fraction of sp³-hybridized carbons (Fsp3) is 0.500. The molecule has 4 nitrogen and oxygen atoms in total. The normalized spacial score (nSPS) is 10.9. The molecule has 1 amide bonds. The molecule has 0 fully saturated rings. The predicted octanol–water partition coefficient (Wildman–Crippen LogP) is 1.77. The summed E-state index contributed by atoms with van der Waals surface area (Å²) in [5.74, 6) is -2.00. The van der Waals surface area contributed by atoms with Gasteiger partial charge in [0.1, 0.15) is 17.3 Å². The number of halogens is 2. The Morgan fingerprint density at radius 1 is 1.35 bits per heavy atom. The maximum atomic E-state index is 14.1. The maximum Gasteiger partial charge on any atom is 0.236 e. The minimum Gasteiger partial charge on any atom is -0.368 e. The van der Waals surface area contributed by atoms with Crippen LogP contribution in [0.2, 0.25) is 0 Å². The van der Waals surface area contributed by atoms with Crippen molar-refractivity contribution in [2.45, 2.75) is 33.4 Å². The number of nitrogens with zero attached hydrogens (tertiary/aromatic N) is 1. The molecule has 0 unspecified atom stereocenters. The third kappa shape index (κ3) is 4.16. The van der Waals surface area contributed by atoms with Gasteiger partial charge in [-0.25, -0.2) is 8.78 Å². The van der Waals surface area contributed by atoms with Gasteiger partial charge >= 0.3 is 0 Å². The van der Waals surface area contributed by atoms with Gasteiger partial charge in [0.15, 0.2) is 0 Å². The highest BCUT2D eigenvalue weighted by atomic mass is 19.1. The van der Waals surface area contributed by atoms with Crippen molar-refractivity contribution in [2.75, 3.05) is 18.0 Å². The van der Waals surface area contributed by atoms with Crippen molar-refractivity contribution in [3.8, 4) is 0 Å². The van der Waals surface area contributed by atoms with E-state index in [1.165, 1.54) is 17.0 Å². The first-order valence-electron chi connectivity index (χ1n) is 6.60. The average Bonchev–Trinajstić information content (AvgIpc) is 2.33. The molecule has 0 radical (unpaired) electrons. The van der Waals surface area contributed by atoms with Crippen LogP contribution in [-0.4, -0.2) is 25.0 Å². The van der Waals surface area contributed by atoms with Crippen LogP contribution in [0.25, 0.3) is 0 Å². The van der Waals surface area contributed by atoms with Gasteiger partial charge in [-0.15, -0.1) is 0 Å². The SMILES string of the molecule is CCNCc1cc(F)c(N(CC(N)=O)C(C)C)c(F)c1. The quantitative estimate of drug-likeness (QED) is 0.803. The molecule has 6 heteroatoms. The van der Waals surface area contributed by atoms with Crippen LogP contribution in [0.4, 0.5) is 14.5 Å². The van der Waals surface area contributed by atoms with E-state index in [4.69, 9.17) is 5.73 Å². The van der Waals surface area contributed by atoms with Crippen molar-refractivity contribution in [1.82, 2.24) is 5.32 Å². The number of amides is 1. The van der Waals surface area contributed by atoms with E-state index in [1.54, 1.807) is 13.8 Å². The van der Waals surface area contributed by atoms with E-state index < -0.39 is 17.5 Å². The van der Waals surface area contributed by atoms with Gasteiger partial charge in [-0.2, -0.15) is 0 Å². The van der Waals surface area contributed by atoms with E-state index in [0.717, 1.165) is 0 Å². The highest BCUT2D eigenvalue weighted by molar-refractivity contribution is 5.79. The molecule has 1 aromatic rings. The van der Waals surface area contributed by atoms with E-state index in [0.29, 0.717) is 18.7 Å².